The van der Waals surface area contributed by atoms with E-state index in [9.17, 15) is 14.3 Å². The molecule has 0 aliphatic heterocycles. The van der Waals surface area contributed by atoms with Crippen molar-refractivity contribution in [1.82, 2.24) is 0 Å². The number of phosphoric ester groups is 1. The number of esters is 1. The van der Waals surface area contributed by atoms with Gasteiger partial charge in [0.1, 0.15) is 19.3 Å². The second kappa shape index (κ2) is 49.3. The van der Waals surface area contributed by atoms with E-state index >= 15 is 0 Å². The molecule has 0 amide bonds. The summed E-state index contributed by atoms with van der Waals surface area (Å²) >= 11 is 0. The molecule has 0 N–H and O–H groups in total. The summed E-state index contributed by atoms with van der Waals surface area (Å²) in [6.45, 7) is 5.00. The zero-order valence-corrected chi connectivity index (χ0v) is 44.2. The lowest BCUT2D eigenvalue weighted by atomic mass is 10.0. The van der Waals surface area contributed by atoms with Crippen molar-refractivity contribution in [1.29, 1.82) is 0 Å². The molecule has 2 atom stereocenters. The molecule has 0 fully saturated rings. The van der Waals surface area contributed by atoms with Crippen molar-refractivity contribution in [2.75, 3.05) is 54.1 Å². The number of quaternary nitrogens is 1. The van der Waals surface area contributed by atoms with Crippen LogP contribution in [0.2, 0.25) is 0 Å². The van der Waals surface area contributed by atoms with E-state index in [0.29, 0.717) is 17.6 Å². The van der Waals surface area contributed by atoms with Gasteiger partial charge < -0.3 is 27.9 Å². The quantitative estimate of drug-likeness (QED) is 0.0197. The summed E-state index contributed by atoms with van der Waals surface area (Å²) in [4.78, 5) is 25.2. The lowest BCUT2D eigenvalue weighted by Crippen LogP contribution is -2.37. The molecular weight excluding hydrogens is 854 g/mol. The molecule has 67 heavy (non-hydrogen) atoms. The predicted octanol–water partition coefficient (Wildman–Crippen LogP) is 15.9. The van der Waals surface area contributed by atoms with Crippen LogP contribution in [0.4, 0.5) is 0 Å². The number of carbonyl (C=O) groups is 1. The van der Waals surface area contributed by atoms with Gasteiger partial charge in [0.2, 0.25) is 0 Å². The fourth-order valence-electron chi connectivity index (χ4n) is 6.55. The summed E-state index contributed by atoms with van der Waals surface area (Å²) in [5.41, 5.74) is 0. The molecule has 0 rings (SSSR count). The molecule has 382 valence electrons. The van der Waals surface area contributed by atoms with E-state index in [-0.39, 0.29) is 32.2 Å². The van der Waals surface area contributed by atoms with Crippen LogP contribution in [0, 0.1) is 0 Å². The molecule has 0 aromatic rings. The molecular formula is C58H98NO7P. The number of rotatable bonds is 47. The maximum absolute atomic E-state index is 12.8. The van der Waals surface area contributed by atoms with Crippen LogP contribution in [0.5, 0.6) is 0 Å². The minimum Gasteiger partial charge on any atom is -0.756 e. The molecule has 9 heteroatoms. The van der Waals surface area contributed by atoms with Gasteiger partial charge in [-0.2, -0.15) is 0 Å². The van der Waals surface area contributed by atoms with Gasteiger partial charge in [0.25, 0.3) is 7.82 Å². The van der Waals surface area contributed by atoms with Crippen molar-refractivity contribution in [2.45, 2.75) is 187 Å². The molecule has 2 unspecified atom stereocenters. The fraction of sp³-hybridized carbons (Fsp3) is 0.638. The van der Waals surface area contributed by atoms with E-state index in [1.807, 2.05) is 21.1 Å². The van der Waals surface area contributed by atoms with E-state index in [0.717, 1.165) is 96.3 Å². The first kappa shape index (κ1) is 63.9. The van der Waals surface area contributed by atoms with Crippen molar-refractivity contribution in [3.8, 4) is 0 Å². The van der Waals surface area contributed by atoms with Gasteiger partial charge in [-0.1, -0.05) is 200 Å². The molecule has 0 aromatic carbocycles. The summed E-state index contributed by atoms with van der Waals surface area (Å²) in [6.07, 6.45) is 71.0. The topological polar surface area (TPSA) is 94.1 Å². The van der Waals surface area contributed by atoms with Crippen LogP contribution in [0.3, 0.4) is 0 Å². The van der Waals surface area contributed by atoms with Crippen LogP contribution in [0.25, 0.3) is 0 Å². The van der Waals surface area contributed by atoms with Crippen LogP contribution < -0.4 is 4.89 Å². The molecule has 0 heterocycles. The molecule has 0 aliphatic carbocycles. The Morgan fingerprint density at radius 3 is 1.22 bits per heavy atom. The number of likely N-dealkylation sites (N-methyl/N-ethyl adjacent to an activating group) is 1. The Labute approximate surface area is 412 Å². The smallest absolute Gasteiger partial charge is 0.306 e. The molecule has 0 aromatic heterocycles. The van der Waals surface area contributed by atoms with E-state index in [1.165, 1.54) is 64.2 Å². The minimum atomic E-state index is -4.56. The van der Waals surface area contributed by atoms with Gasteiger partial charge in [0, 0.05) is 13.0 Å². The van der Waals surface area contributed by atoms with Crippen molar-refractivity contribution in [3.63, 3.8) is 0 Å². The number of allylic oxidation sites excluding steroid dienone is 20. The molecule has 0 spiro atoms. The molecule has 0 aliphatic rings. The Morgan fingerprint density at radius 2 is 0.821 bits per heavy atom. The lowest BCUT2D eigenvalue weighted by molar-refractivity contribution is -0.870. The van der Waals surface area contributed by atoms with Crippen LogP contribution in [0.15, 0.2) is 122 Å². The van der Waals surface area contributed by atoms with Crippen LogP contribution in [0.1, 0.15) is 181 Å². The molecule has 0 saturated carbocycles. The van der Waals surface area contributed by atoms with Crippen LogP contribution >= 0.6 is 7.82 Å². The summed E-state index contributed by atoms with van der Waals surface area (Å²) in [5, 5.41) is 0. The highest BCUT2D eigenvalue weighted by atomic mass is 31.2. The van der Waals surface area contributed by atoms with Gasteiger partial charge in [-0.05, 0) is 96.3 Å². The highest BCUT2D eigenvalue weighted by molar-refractivity contribution is 7.45. The highest BCUT2D eigenvalue weighted by Gasteiger charge is 2.20. The maximum Gasteiger partial charge on any atom is 0.306 e. The standard InChI is InChI=1S/C58H98NO7P/c1-6-8-10-12-14-16-18-20-22-24-26-28-29-30-31-32-33-35-37-39-41-43-45-47-49-51-58(60)66-57(56-65-67(61,62)64-54-52-59(3,4)5)55-63-53-50-48-46-44-42-40-38-36-34-27-25-23-21-19-17-15-13-11-9-7-2/h8-11,14-17,20-23,26-28,34,38,40,44,46,57H,6-7,12-13,18-19,24-25,29-33,35-37,39,41-43,45,47-56H2,1-5H3/b10-8-,11-9-,16-14-,17-15-,22-20-,23-21-,28-26-,34-27-,40-38-,46-44-. The first-order valence-electron chi connectivity index (χ1n) is 26.3. The third kappa shape index (κ3) is 53.7. The Bertz CT molecular complexity index is 1480. The van der Waals surface area contributed by atoms with Gasteiger partial charge in [-0.3, -0.25) is 9.36 Å². The van der Waals surface area contributed by atoms with E-state index in [1.54, 1.807) is 0 Å². The second-order valence-electron chi connectivity index (χ2n) is 18.1. The van der Waals surface area contributed by atoms with E-state index in [2.05, 4.69) is 135 Å². The van der Waals surface area contributed by atoms with E-state index < -0.39 is 13.9 Å². The number of ether oxygens (including phenoxy) is 2. The number of carbonyl (C=O) groups excluding carboxylic acids is 1. The van der Waals surface area contributed by atoms with Gasteiger partial charge in [0.05, 0.1) is 34.4 Å². The zero-order chi connectivity index (χ0) is 49.0. The highest BCUT2D eigenvalue weighted by Crippen LogP contribution is 2.38. The maximum atomic E-state index is 12.8. The molecule has 0 radical (unpaired) electrons. The molecule has 0 saturated heterocycles. The average Bonchev–Trinajstić information content (AvgIpc) is 3.29. The largest absolute Gasteiger partial charge is 0.756 e. The predicted molar refractivity (Wildman–Crippen MR) is 286 cm³/mol. The Balaban J connectivity index is 4.24. The summed E-state index contributed by atoms with van der Waals surface area (Å²) in [6, 6.07) is 0. The Hall–Kier alpha value is -3.10. The Morgan fingerprint density at radius 1 is 0.463 bits per heavy atom. The lowest BCUT2D eigenvalue weighted by Gasteiger charge is -2.28. The van der Waals surface area contributed by atoms with Gasteiger partial charge in [0.15, 0.2) is 0 Å². The van der Waals surface area contributed by atoms with Crippen LogP contribution in [-0.4, -0.2) is 70.7 Å². The zero-order valence-electron chi connectivity index (χ0n) is 43.3. The minimum absolute atomic E-state index is 0.00798. The average molecular weight is 952 g/mol. The third-order valence-corrected chi connectivity index (χ3v) is 11.5. The van der Waals surface area contributed by atoms with Crippen LogP contribution in [-0.2, 0) is 27.9 Å². The number of unbranched alkanes of at least 4 members (excludes halogenated alkanes) is 13. The summed E-state index contributed by atoms with van der Waals surface area (Å²) < 4.78 is 34.7. The summed E-state index contributed by atoms with van der Waals surface area (Å²) in [7, 11) is 1.30. The second-order valence-corrected chi connectivity index (χ2v) is 19.5. The first-order chi connectivity index (χ1) is 32.6. The number of hydrogen-bond acceptors (Lipinski definition) is 7. The van der Waals surface area contributed by atoms with E-state index in [4.69, 9.17) is 18.5 Å². The third-order valence-electron chi connectivity index (χ3n) is 10.5. The monoisotopic (exact) mass is 952 g/mol. The number of nitrogens with zero attached hydrogens (tertiary/aromatic N) is 1. The van der Waals surface area contributed by atoms with Crippen molar-refractivity contribution >= 4 is 13.8 Å². The normalized spacial score (nSPS) is 14.5. The summed E-state index contributed by atoms with van der Waals surface area (Å²) in [5.74, 6) is -0.361. The van der Waals surface area contributed by atoms with Gasteiger partial charge in [-0.15, -0.1) is 0 Å². The Kier molecular flexibility index (Phi) is 47.0. The molecule has 8 nitrogen and oxygen atoms in total. The van der Waals surface area contributed by atoms with Gasteiger partial charge >= 0.3 is 5.97 Å². The van der Waals surface area contributed by atoms with Crippen molar-refractivity contribution in [3.05, 3.63) is 122 Å². The van der Waals surface area contributed by atoms with Crippen molar-refractivity contribution < 1.29 is 37.3 Å². The van der Waals surface area contributed by atoms with Gasteiger partial charge in [-0.25, -0.2) is 0 Å². The number of hydrogen-bond donors (Lipinski definition) is 0. The first-order valence-corrected chi connectivity index (χ1v) is 27.7. The fourth-order valence-corrected chi connectivity index (χ4v) is 7.28. The SMILES string of the molecule is CC/C=C\C/C=C\C/C=C\C/C=C\C/C=C\C/C=C\CCCOCC(COP(=O)([O-])OCC[N+](C)(C)C)OC(=O)CCCCCCCCCCCCCC/C=C\C/C=C\C/C=C\C/C=C\CC. The number of phosphoric acid groups is 1. The molecule has 0 bridgehead atoms. The van der Waals surface area contributed by atoms with Crippen molar-refractivity contribution in [2.24, 2.45) is 0 Å².